The number of para-hydroxylation sites is 1. The van der Waals surface area contributed by atoms with E-state index in [2.05, 4.69) is 18.2 Å². The molecule has 1 aliphatic carbocycles. The zero-order valence-electron chi connectivity index (χ0n) is 16.9. The van der Waals surface area contributed by atoms with Crippen LogP contribution in [-0.4, -0.2) is 21.1 Å². The number of allylic oxidation sites excluding steroid dienone is 1. The van der Waals surface area contributed by atoms with Gasteiger partial charge in [-0.05, 0) is 29.8 Å². The van der Waals surface area contributed by atoms with Crippen LogP contribution in [0.4, 0.5) is 0 Å². The van der Waals surface area contributed by atoms with E-state index in [4.69, 9.17) is 4.98 Å². The lowest BCUT2D eigenvalue weighted by Crippen LogP contribution is -2.03. The number of ketones is 2. The molecule has 0 aliphatic heterocycles. The van der Waals surface area contributed by atoms with Gasteiger partial charge in [-0.3, -0.25) is 14.2 Å². The number of imidazole rings is 1. The summed E-state index contributed by atoms with van der Waals surface area (Å²) < 4.78 is 2.01. The zero-order chi connectivity index (χ0) is 21.7. The maximum absolute atomic E-state index is 12.9. The van der Waals surface area contributed by atoms with Gasteiger partial charge in [0.05, 0.1) is 11.1 Å². The van der Waals surface area contributed by atoms with Crippen LogP contribution < -0.4 is 0 Å². The molecule has 3 aromatic carbocycles. The van der Waals surface area contributed by atoms with E-state index in [9.17, 15) is 9.59 Å². The Morgan fingerprint density at radius 1 is 0.750 bits per heavy atom. The van der Waals surface area contributed by atoms with E-state index in [1.807, 2.05) is 53.1 Å². The third kappa shape index (κ3) is 2.87. The molecule has 2 heterocycles. The Balaban J connectivity index is 1.55. The van der Waals surface area contributed by atoms with E-state index in [-0.39, 0.29) is 17.1 Å². The number of carbonyl (C=O) groups is 2. The van der Waals surface area contributed by atoms with Crippen molar-refractivity contribution in [2.45, 2.75) is 0 Å². The average molecular weight is 433 g/mol. The van der Waals surface area contributed by atoms with Gasteiger partial charge < -0.3 is 0 Å². The molecule has 0 unspecified atom stereocenters. The summed E-state index contributed by atoms with van der Waals surface area (Å²) in [6, 6.07) is 29.1. The van der Waals surface area contributed by atoms with Crippen molar-refractivity contribution in [1.29, 1.82) is 0 Å². The van der Waals surface area contributed by atoms with Gasteiger partial charge in [0.25, 0.3) is 0 Å². The number of nitrogens with zero attached hydrogens (tertiary/aromatic N) is 2. The second kappa shape index (κ2) is 7.25. The van der Waals surface area contributed by atoms with Crippen molar-refractivity contribution >= 4 is 39.3 Å². The second-order valence-corrected chi connectivity index (χ2v) is 8.60. The number of aromatic nitrogens is 2. The maximum Gasteiger partial charge on any atom is 0.197 e. The minimum atomic E-state index is -0.249. The first-order valence-electron chi connectivity index (χ1n) is 10.2. The molecule has 0 spiro atoms. The third-order valence-corrected chi connectivity index (χ3v) is 6.70. The first kappa shape index (κ1) is 18.7. The molecule has 5 aromatic rings. The smallest absolute Gasteiger partial charge is 0.197 e. The molecule has 0 saturated carbocycles. The van der Waals surface area contributed by atoms with Crippen molar-refractivity contribution in [3.8, 4) is 16.1 Å². The number of benzene rings is 3. The van der Waals surface area contributed by atoms with Crippen molar-refractivity contribution in [3.63, 3.8) is 0 Å². The molecule has 0 amide bonds. The van der Waals surface area contributed by atoms with Crippen molar-refractivity contribution in [2.24, 2.45) is 0 Å². The predicted octanol–water partition coefficient (Wildman–Crippen LogP) is 6.22. The number of Topliss-reactive ketones (excluding diaryl/α,β-unsaturated/α-hetero) is 2. The zero-order valence-corrected chi connectivity index (χ0v) is 17.7. The van der Waals surface area contributed by atoms with Crippen molar-refractivity contribution in [3.05, 3.63) is 114 Å². The van der Waals surface area contributed by atoms with Crippen molar-refractivity contribution in [2.75, 3.05) is 0 Å². The Bertz CT molecular complexity index is 1510. The molecule has 0 fully saturated rings. The summed E-state index contributed by atoms with van der Waals surface area (Å²) in [5.41, 5.74) is 4.07. The molecule has 0 atom stereocenters. The Labute approximate surface area is 188 Å². The van der Waals surface area contributed by atoms with Crippen LogP contribution in [0.25, 0.3) is 32.6 Å². The Kier molecular flexibility index (Phi) is 4.23. The minimum Gasteiger partial charge on any atom is -0.292 e. The van der Waals surface area contributed by atoms with Gasteiger partial charge in [0, 0.05) is 21.7 Å². The van der Waals surface area contributed by atoms with Gasteiger partial charge in [0.1, 0.15) is 10.7 Å². The Hall–Kier alpha value is -4.09. The van der Waals surface area contributed by atoms with E-state index < -0.39 is 0 Å². The first-order chi connectivity index (χ1) is 15.7. The standard InChI is InChI=1S/C27H16N2O2S/c30-25-19-13-7-8-14-20(19)26(31)21(25)15-24-28-27-22(29(24)18-11-5-2-6-12-18)16-23(32-27)17-9-3-1-4-10-17/h1-16H. The summed E-state index contributed by atoms with van der Waals surface area (Å²) >= 11 is 1.60. The number of carbonyl (C=O) groups excluding carboxylic acids is 2. The van der Waals surface area contributed by atoms with Crippen molar-refractivity contribution < 1.29 is 9.59 Å². The van der Waals surface area contributed by atoms with Gasteiger partial charge in [-0.15, -0.1) is 11.3 Å². The summed E-state index contributed by atoms with van der Waals surface area (Å²) in [7, 11) is 0. The number of hydrogen-bond donors (Lipinski definition) is 0. The van der Waals surface area contributed by atoms with Gasteiger partial charge in [0.15, 0.2) is 11.6 Å². The SMILES string of the molecule is O=C1C(=Cc2nc3sc(-c4ccccc4)cc3n2-c2ccccc2)C(=O)c2ccccc21. The molecular formula is C27H16N2O2S. The van der Waals surface area contributed by atoms with E-state index >= 15 is 0 Å². The highest BCUT2D eigenvalue weighted by atomic mass is 32.1. The monoisotopic (exact) mass is 432 g/mol. The Morgan fingerprint density at radius 3 is 2.00 bits per heavy atom. The minimum absolute atomic E-state index is 0.157. The molecule has 2 aromatic heterocycles. The quantitative estimate of drug-likeness (QED) is 0.251. The van der Waals surface area contributed by atoms with Gasteiger partial charge in [0.2, 0.25) is 0 Å². The number of thiophene rings is 1. The van der Waals surface area contributed by atoms with Crippen LogP contribution in [0.1, 0.15) is 26.5 Å². The van der Waals surface area contributed by atoms with Gasteiger partial charge in [-0.25, -0.2) is 4.98 Å². The lowest BCUT2D eigenvalue weighted by Gasteiger charge is -2.07. The number of rotatable bonds is 3. The Morgan fingerprint density at radius 2 is 1.34 bits per heavy atom. The van der Waals surface area contributed by atoms with Crippen LogP contribution in [0.5, 0.6) is 0 Å². The molecule has 32 heavy (non-hydrogen) atoms. The average Bonchev–Trinajstić information content (AvgIpc) is 3.47. The molecule has 0 radical (unpaired) electrons. The van der Waals surface area contributed by atoms with Crippen LogP contribution in [-0.2, 0) is 0 Å². The highest BCUT2D eigenvalue weighted by molar-refractivity contribution is 7.21. The van der Waals surface area contributed by atoms with E-state index in [1.165, 1.54) is 0 Å². The summed E-state index contributed by atoms with van der Waals surface area (Å²) in [5.74, 6) is 0.0737. The van der Waals surface area contributed by atoms with Crippen LogP contribution in [0.3, 0.4) is 0 Å². The largest absolute Gasteiger partial charge is 0.292 e. The lowest BCUT2D eigenvalue weighted by molar-refractivity contribution is 0.0990. The molecule has 152 valence electrons. The van der Waals surface area contributed by atoms with Crippen molar-refractivity contribution in [1.82, 2.24) is 9.55 Å². The van der Waals surface area contributed by atoms with Gasteiger partial charge >= 0.3 is 0 Å². The highest BCUT2D eigenvalue weighted by Gasteiger charge is 2.33. The normalized spacial score (nSPS) is 13.1. The maximum atomic E-state index is 12.9. The van der Waals surface area contributed by atoms with Crippen LogP contribution in [0.2, 0.25) is 0 Å². The number of fused-ring (bicyclic) bond motifs is 2. The number of hydrogen-bond acceptors (Lipinski definition) is 4. The molecule has 1 aliphatic rings. The van der Waals surface area contributed by atoms with Crippen LogP contribution in [0.15, 0.2) is 96.6 Å². The molecule has 6 rings (SSSR count). The third-order valence-electron chi connectivity index (χ3n) is 5.63. The second-order valence-electron chi connectivity index (χ2n) is 7.57. The summed E-state index contributed by atoms with van der Waals surface area (Å²) in [6.07, 6.45) is 1.63. The fraction of sp³-hybridized carbons (Fsp3) is 0. The first-order valence-corrected chi connectivity index (χ1v) is 11.1. The summed E-state index contributed by atoms with van der Waals surface area (Å²) in [6.45, 7) is 0. The van der Waals surface area contributed by atoms with Crippen LogP contribution >= 0.6 is 11.3 Å². The van der Waals surface area contributed by atoms with Gasteiger partial charge in [-0.2, -0.15) is 0 Å². The lowest BCUT2D eigenvalue weighted by atomic mass is 10.1. The van der Waals surface area contributed by atoms with E-state index in [1.54, 1.807) is 41.7 Å². The molecular weight excluding hydrogens is 416 g/mol. The van der Waals surface area contributed by atoms with Gasteiger partial charge in [-0.1, -0.05) is 72.8 Å². The van der Waals surface area contributed by atoms with E-state index in [0.717, 1.165) is 26.5 Å². The highest BCUT2D eigenvalue weighted by Crippen LogP contribution is 2.36. The fourth-order valence-corrected chi connectivity index (χ4v) is 5.14. The summed E-state index contributed by atoms with van der Waals surface area (Å²) in [4.78, 5) is 32.7. The fourth-order valence-electron chi connectivity index (χ4n) is 4.11. The molecule has 0 bridgehead atoms. The summed E-state index contributed by atoms with van der Waals surface area (Å²) in [5, 5.41) is 0. The molecule has 5 heteroatoms. The molecule has 0 N–H and O–H groups in total. The van der Waals surface area contributed by atoms with E-state index in [0.29, 0.717) is 17.0 Å². The topological polar surface area (TPSA) is 52.0 Å². The molecule has 0 saturated heterocycles. The molecule has 4 nitrogen and oxygen atoms in total. The predicted molar refractivity (Wildman–Crippen MR) is 127 cm³/mol. The van der Waals surface area contributed by atoms with Crippen LogP contribution in [0, 0.1) is 0 Å².